The molecule has 1 aromatic heterocycles. The van der Waals surface area contributed by atoms with Crippen LogP contribution < -0.4 is 10.2 Å². The lowest BCUT2D eigenvalue weighted by atomic mass is 10.3. The molecule has 0 aliphatic heterocycles. The van der Waals surface area contributed by atoms with Crippen LogP contribution in [-0.2, 0) is 6.42 Å². The van der Waals surface area contributed by atoms with Crippen molar-refractivity contribution in [3.63, 3.8) is 0 Å². The Kier molecular flexibility index (Phi) is 5.73. The summed E-state index contributed by atoms with van der Waals surface area (Å²) in [4.78, 5) is 11.2. The first-order valence-corrected chi connectivity index (χ1v) is 6.54. The number of hydrogen-bond donors (Lipinski definition) is 1. The number of aromatic nitrogens is 2. The molecule has 0 aliphatic carbocycles. The number of hydrogen-bond acceptors (Lipinski definition) is 4. The fourth-order valence-electron chi connectivity index (χ4n) is 1.52. The summed E-state index contributed by atoms with van der Waals surface area (Å²) in [5.74, 6) is 2.88. The van der Waals surface area contributed by atoms with E-state index in [1.165, 1.54) is 0 Å². The van der Waals surface area contributed by atoms with Gasteiger partial charge in [0, 0.05) is 32.6 Å². The average molecular weight is 236 g/mol. The predicted octanol–water partition coefficient (Wildman–Crippen LogP) is 2.71. The van der Waals surface area contributed by atoms with Crippen molar-refractivity contribution >= 4 is 11.6 Å². The fourth-order valence-corrected chi connectivity index (χ4v) is 1.52. The third-order valence-corrected chi connectivity index (χ3v) is 2.65. The summed E-state index contributed by atoms with van der Waals surface area (Å²) in [6.45, 7) is 8.34. The van der Waals surface area contributed by atoms with E-state index in [9.17, 15) is 0 Å². The molecule has 0 spiro atoms. The molecule has 0 aromatic carbocycles. The molecule has 0 saturated carbocycles. The Bertz CT molecular complexity index is 338. The van der Waals surface area contributed by atoms with Gasteiger partial charge in [0.05, 0.1) is 0 Å². The summed E-state index contributed by atoms with van der Waals surface area (Å²) in [5, 5.41) is 3.33. The Morgan fingerprint density at radius 1 is 1.18 bits per heavy atom. The molecular weight excluding hydrogens is 212 g/mol. The second kappa shape index (κ2) is 7.09. The van der Waals surface area contributed by atoms with E-state index in [2.05, 4.69) is 48.0 Å². The molecule has 96 valence electrons. The van der Waals surface area contributed by atoms with E-state index in [0.29, 0.717) is 0 Å². The summed E-state index contributed by atoms with van der Waals surface area (Å²) >= 11 is 0. The molecule has 0 radical (unpaired) electrons. The molecule has 0 amide bonds. The van der Waals surface area contributed by atoms with Gasteiger partial charge >= 0.3 is 0 Å². The Morgan fingerprint density at radius 2 is 1.94 bits per heavy atom. The van der Waals surface area contributed by atoms with Gasteiger partial charge < -0.3 is 10.2 Å². The van der Waals surface area contributed by atoms with E-state index in [1.54, 1.807) is 0 Å². The highest BCUT2D eigenvalue weighted by Gasteiger charge is 2.06. The quantitative estimate of drug-likeness (QED) is 0.790. The maximum absolute atomic E-state index is 4.58. The molecule has 4 nitrogen and oxygen atoms in total. The molecule has 1 N–H and O–H groups in total. The summed E-state index contributed by atoms with van der Waals surface area (Å²) < 4.78 is 0. The van der Waals surface area contributed by atoms with Gasteiger partial charge in [0.2, 0.25) is 0 Å². The van der Waals surface area contributed by atoms with Gasteiger partial charge in [0.1, 0.15) is 17.5 Å². The van der Waals surface area contributed by atoms with E-state index < -0.39 is 0 Å². The van der Waals surface area contributed by atoms with Crippen LogP contribution in [0, 0.1) is 0 Å². The van der Waals surface area contributed by atoms with Crippen LogP contribution in [0.2, 0.25) is 0 Å². The Balaban J connectivity index is 2.91. The Hall–Kier alpha value is -1.32. The number of rotatable bonds is 7. The van der Waals surface area contributed by atoms with Gasteiger partial charge in [-0.25, -0.2) is 9.97 Å². The molecule has 0 fully saturated rings. The van der Waals surface area contributed by atoms with E-state index >= 15 is 0 Å². The summed E-state index contributed by atoms with van der Waals surface area (Å²) in [5.41, 5.74) is 0. The maximum Gasteiger partial charge on any atom is 0.134 e. The largest absolute Gasteiger partial charge is 0.370 e. The van der Waals surface area contributed by atoms with Crippen LogP contribution in [0.15, 0.2) is 6.07 Å². The van der Waals surface area contributed by atoms with E-state index in [-0.39, 0.29) is 0 Å². The summed E-state index contributed by atoms with van der Waals surface area (Å²) in [6, 6.07) is 2.03. The van der Waals surface area contributed by atoms with Crippen molar-refractivity contribution in [3.8, 4) is 0 Å². The first-order valence-electron chi connectivity index (χ1n) is 6.54. The number of aryl methyl sites for hydroxylation is 1. The normalized spacial score (nSPS) is 10.4. The van der Waals surface area contributed by atoms with Gasteiger partial charge in [-0.15, -0.1) is 0 Å². The smallest absolute Gasteiger partial charge is 0.134 e. The van der Waals surface area contributed by atoms with Crippen molar-refractivity contribution in [2.45, 2.75) is 40.0 Å². The van der Waals surface area contributed by atoms with Gasteiger partial charge in [0.15, 0.2) is 0 Å². The van der Waals surface area contributed by atoms with Crippen LogP contribution in [0.5, 0.6) is 0 Å². The second-order valence-corrected chi connectivity index (χ2v) is 4.22. The molecule has 1 heterocycles. The molecule has 0 bridgehead atoms. The van der Waals surface area contributed by atoms with Crippen LogP contribution in [0.1, 0.15) is 39.4 Å². The molecule has 0 unspecified atom stereocenters. The SMILES string of the molecule is CCCNc1cc(N(C)CC)nc(CCC)n1. The molecule has 0 saturated heterocycles. The fraction of sp³-hybridized carbons (Fsp3) is 0.692. The Morgan fingerprint density at radius 3 is 2.53 bits per heavy atom. The topological polar surface area (TPSA) is 41.0 Å². The minimum absolute atomic E-state index is 0.934. The van der Waals surface area contributed by atoms with Gasteiger partial charge in [-0.2, -0.15) is 0 Å². The molecule has 0 aliphatic rings. The molecular formula is C13H24N4. The van der Waals surface area contributed by atoms with Crippen LogP contribution >= 0.6 is 0 Å². The van der Waals surface area contributed by atoms with Gasteiger partial charge in [-0.1, -0.05) is 13.8 Å². The highest BCUT2D eigenvalue weighted by Crippen LogP contribution is 2.15. The van der Waals surface area contributed by atoms with E-state index in [4.69, 9.17) is 0 Å². The second-order valence-electron chi connectivity index (χ2n) is 4.22. The van der Waals surface area contributed by atoms with Crippen molar-refractivity contribution in [1.82, 2.24) is 9.97 Å². The van der Waals surface area contributed by atoms with Crippen LogP contribution in [0.4, 0.5) is 11.6 Å². The minimum atomic E-state index is 0.934. The van der Waals surface area contributed by atoms with Crippen LogP contribution in [-0.4, -0.2) is 30.1 Å². The first kappa shape index (κ1) is 13.7. The van der Waals surface area contributed by atoms with Crippen molar-refractivity contribution in [3.05, 3.63) is 11.9 Å². The summed E-state index contributed by atoms with van der Waals surface area (Å²) in [6.07, 6.45) is 3.12. The monoisotopic (exact) mass is 236 g/mol. The van der Waals surface area contributed by atoms with Gasteiger partial charge in [-0.05, 0) is 19.8 Å². The third kappa shape index (κ3) is 4.21. The minimum Gasteiger partial charge on any atom is -0.370 e. The van der Waals surface area contributed by atoms with Crippen molar-refractivity contribution in [1.29, 1.82) is 0 Å². The number of nitrogens with zero attached hydrogens (tertiary/aromatic N) is 3. The Labute approximate surface area is 104 Å². The van der Waals surface area contributed by atoms with Crippen molar-refractivity contribution in [2.24, 2.45) is 0 Å². The van der Waals surface area contributed by atoms with E-state index in [0.717, 1.165) is 49.8 Å². The lowest BCUT2D eigenvalue weighted by Gasteiger charge is -2.17. The maximum atomic E-state index is 4.58. The van der Waals surface area contributed by atoms with E-state index in [1.807, 2.05) is 6.07 Å². The van der Waals surface area contributed by atoms with Crippen molar-refractivity contribution < 1.29 is 0 Å². The van der Waals surface area contributed by atoms with Gasteiger partial charge in [-0.3, -0.25) is 0 Å². The number of anilines is 2. The average Bonchev–Trinajstić information content (AvgIpc) is 2.35. The third-order valence-electron chi connectivity index (χ3n) is 2.65. The zero-order chi connectivity index (χ0) is 12.7. The molecule has 1 aromatic rings. The number of nitrogens with one attached hydrogen (secondary N) is 1. The lowest BCUT2D eigenvalue weighted by molar-refractivity contribution is 0.817. The van der Waals surface area contributed by atoms with Gasteiger partial charge in [0.25, 0.3) is 0 Å². The molecule has 1 rings (SSSR count). The molecule has 17 heavy (non-hydrogen) atoms. The zero-order valence-corrected chi connectivity index (χ0v) is 11.5. The van der Waals surface area contributed by atoms with Crippen LogP contribution in [0.3, 0.4) is 0 Å². The predicted molar refractivity (Wildman–Crippen MR) is 73.8 cm³/mol. The van der Waals surface area contributed by atoms with Crippen LogP contribution in [0.25, 0.3) is 0 Å². The molecule has 4 heteroatoms. The first-order chi connectivity index (χ1) is 8.21. The highest BCUT2D eigenvalue weighted by atomic mass is 15.2. The standard InChI is InChI=1S/C13H24N4/c1-5-8-11-15-12(14-9-6-2)10-13(16-11)17(4)7-3/h10H,5-9H2,1-4H3,(H,14,15,16). The molecule has 0 atom stereocenters. The lowest BCUT2D eigenvalue weighted by Crippen LogP contribution is -2.19. The van der Waals surface area contributed by atoms with Crippen molar-refractivity contribution in [2.75, 3.05) is 30.4 Å². The zero-order valence-electron chi connectivity index (χ0n) is 11.5. The summed E-state index contributed by atoms with van der Waals surface area (Å²) in [7, 11) is 2.06. The highest BCUT2D eigenvalue weighted by molar-refractivity contribution is 5.48.